The molecule has 0 heterocycles. The maximum Gasteiger partial charge on any atom is 0.120 e. The lowest BCUT2D eigenvalue weighted by Crippen LogP contribution is -2.24. The molecule has 0 radical (unpaired) electrons. The summed E-state index contributed by atoms with van der Waals surface area (Å²) < 4.78 is 0. The topological polar surface area (TPSA) is 37.3 Å². The molecule has 0 amide bonds. The van der Waals surface area contributed by atoms with Gasteiger partial charge >= 0.3 is 0 Å². The van der Waals surface area contributed by atoms with Crippen LogP contribution < -0.4 is 0 Å². The zero-order valence-corrected chi connectivity index (χ0v) is 8.75. The second-order valence-corrected chi connectivity index (χ2v) is 4.19. The van der Waals surface area contributed by atoms with Crippen molar-refractivity contribution in [1.82, 2.24) is 0 Å². The van der Waals surface area contributed by atoms with Crippen LogP contribution in [0.15, 0.2) is 23.8 Å². The summed E-state index contributed by atoms with van der Waals surface area (Å²) in [5.74, 6) is 0. The number of allylic oxidation sites excluding steroid dienone is 2. The van der Waals surface area contributed by atoms with Crippen LogP contribution in [0.2, 0.25) is 0 Å². The molecule has 1 atom stereocenters. The van der Waals surface area contributed by atoms with Gasteiger partial charge in [0.05, 0.1) is 5.60 Å². The van der Waals surface area contributed by atoms with Gasteiger partial charge in [0.15, 0.2) is 0 Å². The van der Waals surface area contributed by atoms with Crippen LogP contribution in [0.3, 0.4) is 0 Å². The van der Waals surface area contributed by atoms with Gasteiger partial charge in [-0.05, 0) is 44.3 Å². The van der Waals surface area contributed by atoms with E-state index in [9.17, 15) is 9.90 Å². The van der Waals surface area contributed by atoms with Gasteiger partial charge in [0, 0.05) is 6.42 Å². The van der Waals surface area contributed by atoms with Crippen LogP contribution in [-0.4, -0.2) is 17.0 Å². The molecule has 0 aromatic heterocycles. The first-order valence-electron chi connectivity index (χ1n) is 5.11. The fraction of sp³-hybridized carbons (Fsp3) is 0.583. The van der Waals surface area contributed by atoms with Gasteiger partial charge in [0.25, 0.3) is 0 Å². The molecule has 0 spiro atoms. The first kappa shape index (κ1) is 11.2. The van der Waals surface area contributed by atoms with Gasteiger partial charge in [0.1, 0.15) is 6.29 Å². The van der Waals surface area contributed by atoms with Crippen molar-refractivity contribution in [1.29, 1.82) is 0 Å². The molecular formula is C12H18O2. The van der Waals surface area contributed by atoms with Crippen LogP contribution in [0, 0.1) is 0 Å². The Morgan fingerprint density at radius 2 is 2.50 bits per heavy atom. The Kier molecular flexibility index (Phi) is 3.64. The fourth-order valence-corrected chi connectivity index (χ4v) is 1.83. The minimum Gasteiger partial charge on any atom is -0.386 e. The molecule has 78 valence electrons. The third-order valence-corrected chi connectivity index (χ3v) is 2.63. The number of hydrogen-bond donors (Lipinski definition) is 1. The standard InChI is InChI=1S/C12H18O2/c1-10(5-4-8-13)11-6-3-7-12(2,14)9-11/h8-9,14H,1,3-7H2,2H3. The average Bonchev–Trinajstić information content (AvgIpc) is 2.12. The third kappa shape index (κ3) is 3.11. The predicted molar refractivity (Wildman–Crippen MR) is 57.0 cm³/mol. The van der Waals surface area contributed by atoms with Gasteiger partial charge < -0.3 is 9.90 Å². The quantitative estimate of drug-likeness (QED) is 0.698. The monoisotopic (exact) mass is 194 g/mol. The summed E-state index contributed by atoms with van der Waals surface area (Å²) in [5, 5.41) is 9.83. The number of aliphatic hydroxyl groups is 1. The van der Waals surface area contributed by atoms with Gasteiger partial charge in [-0.25, -0.2) is 0 Å². The Hall–Kier alpha value is -0.890. The van der Waals surface area contributed by atoms with Crippen molar-refractivity contribution in [3.8, 4) is 0 Å². The lowest BCUT2D eigenvalue weighted by molar-refractivity contribution is -0.107. The third-order valence-electron chi connectivity index (χ3n) is 2.63. The molecule has 0 aromatic rings. The molecule has 2 heteroatoms. The van der Waals surface area contributed by atoms with E-state index in [2.05, 4.69) is 6.58 Å². The molecule has 1 N–H and O–H groups in total. The van der Waals surface area contributed by atoms with Crippen molar-refractivity contribution in [3.63, 3.8) is 0 Å². The first-order valence-corrected chi connectivity index (χ1v) is 5.11. The highest BCUT2D eigenvalue weighted by molar-refractivity contribution is 5.50. The van der Waals surface area contributed by atoms with Crippen LogP contribution in [0.5, 0.6) is 0 Å². The summed E-state index contributed by atoms with van der Waals surface area (Å²) in [6.07, 6.45) is 6.84. The van der Waals surface area contributed by atoms with Crippen molar-refractivity contribution in [2.24, 2.45) is 0 Å². The summed E-state index contributed by atoms with van der Waals surface area (Å²) in [4.78, 5) is 10.2. The molecule has 1 aliphatic rings. The van der Waals surface area contributed by atoms with Gasteiger partial charge in [-0.2, -0.15) is 0 Å². The minimum absolute atomic E-state index is 0.526. The molecule has 1 unspecified atom stereocenters. The zero-order valence-electron chi connectivity index (χ0n) is 8.75. The van der Waals surface area contributed by atoms with E-state index in [-0.39, 0.29) is 0 Å². The van der Waals surface area contributed by atoms with Crippen LogP contribution in [0.25, 0.3) is 0 Å². The molecule has 0 bridgehead atoms. The lowest BCUT2D eigenvalue weighted by Gasteiger charge is -2.27. The molecule has 14 heavy (non-hydrogen) atoms. The van der Waals surface area contributed by atoms with Crippen molar-refractivity contribution >= 4 is 6.29 Å². The normalized spacial score (nSPS) is 26.9. The largest absolute Gasteiger partial charge is 0.386 e. The highest BCUT2D eigenvalue weighted by atomic mass is 16.3. The Labute approximate surface area is 85.3 Å². The second kappa shape index (κ2) is 4.56. The van der Waals surface area contributed by atoms with Gasteiger partial charge in [0.2, 0.25) is 0 Å². The van der Waals surface area contributed by atoms with E-state index in [1.165, 1.54) is 0 Å². The molecule has 2 nitrogen and oxygen atoms in total. The summed E-state index contributed by atoms with van der Waals surface area (Å²) in [7, 11) is 0. The van der Waals surface area contributed by atoms with Gasteiger partial charge in [-0.3, -0.25) is 0 Å². The van der Waals surface area contributed by atoms with Crippen LogP contribution in [-0.2, 0) is 4.79 Å². The molecule has 0 aliphatic heterocycles. The summed E-state index contributed by atoms with van der Waals surface area (Å²) in [6, 6.07) is 0. The van der Waals surface area contributed by atoms with Crippen LogP contribution >= 0.6 is 0 Å². The predicted octanol–water partition coefficient (Wildman–Crippen LogP) is 2.38. The molecule has 0 saturated heterocycles. The van der Waals surface area contributed by atoms with E-state index < -0.39 is 5.60 Å². The van der Waals surface area contributed by atoms with Crippen molar-refractivity contribution in [2.45, 2.75) is 44.6 Å². The smallest absolute Gasteiger partial charge is 0.120 e. The van der Waals surface area contributed by atoms with Gasteiger partial charge in [-0.15, -0.1) is 0 Å². The maximum atomic E-state index is 10.2. The molecule has 0 fully saturated rings. The van der Waals surface area contributed by atoms with E-state index in [0.29, 0.717) is 12.8 Å². The Morgan fingerprint density at radius 3 is 3.07 bits per heavy atom. The number of aldehydes is 1. The van der Waals surface area contributed by atoms with E-state index >= 15 is 0 Å². The Bertz CT molecular complexity index is 261. The molecule has 0 saturated carbocycles. The summed E-state index contributed by atoms with van der Waals surface area (Å²) in [5.41, 5.74) is 1.44. The van der Waals surface area contributed by atoms with Crippen LogP contribution in [0.4, 0.5) is 0 Å². The molecular weight excluding hydrogens is 176 g/mol. The van der Waals surface area contributed by atoms with E-state index in [1.54, 1.807) is 0 Å². The first-order chi connectivity index (χ1) is 6.55. The van der Waals surface area contributed by atoms with Crippen molar-refractivity contribution in [2.75, 3.05) is 0 Å². The number of carbonyl (C=O) groups is 1. The van der Waals surface area contributed by atoms with Crippen LogP contribution in [0.1, 0.15) is 39.0 Å². The van der Waals surface area contributed by atoms with Crippen molar-refractivity contribution < 1.29 is 9.90 Å². The average molecular weight is 194 g/mol. The number of rotatable bonds is 4. The lowest BCUT2D eigenvalue weighted by atomic mass is 9.84. The molecule has 1 rings (SSSR count). The Morgan fingerprint density at radius 1 is 1.79 bits per heavy atom. The zero-order chi connectivity index (χ0) is 10.6. The fourth-order valence-electron chi connectivity index (χ4n) is 1.83. The highest BCUT2D eigenvalue weighted by Gasteiger charge is 2.22. The maximum absolute atomic E-state index is 10.2. The van der Waals surface area contributed by atoms with E-state index in [1.807, 2.05) is 13.0 Å². The van der Waals surface area contributed by atoms with Gasteiger partial charge in [-0.1, -0.05) is 12.2 Å². The number of carbonyl (C=O) groups excluding carboxylic acids is 1. The van der Waals surface area contributed by atoms with E-state index in [4.69, 9.17) is 0 Å². The van der Waals surface area contributed by atoms with Crippen molar-refractivity contribution in [3.05, 3.63) is 23.8 Å². The summed E-state index contributed by atoms with van der Waals surface area (Å²) in [6.45, 7) is 5.76. The molecule has 0 aromatic carbocycles. The van der Waals surface area contributed by atoms with E-state index in [0.717, 1.165) is 36.7 Å². The number of hydrogen-bond acceptors (Lipinski definition) is 2. The minimum atomic E-state index is -0.683. The SMILES string of the molecule is C=C(CCC=O)C1=CC(C)(O)CCC1. The molecule has 1 aliphatic carbocycles. The Balaban J connectivity index is 2.63. The second-order valence-electron chi connectivity index (χ2n) is 4.19. The summed E-state index contributed by atoms with van der Waals surface area (Å²) >= 11 is 0. The highest BCUT2D eigenvalue weighted by Crippen LogP contribution is 2.30.